The zero-order chi connectivity index (χ0) is 22.2. The first-order valence-corrected chi connectivity index (χ1v) is 10.4. The van der Waals surface area contributed by atoms with Gasteiger partial charge in [-0.1, -0.05) is 103 Å². The summed E-state index contributed by atoms with van der Waals surface area (Å²) in [6.45, 7) is -0.165. The monoisotopic (exact) mass is 421 g/mol. The fraction of sp³-hybridized carbons (Fsp3) is 0.0741. The summed E-state index contributed by atoms with van der Waals surface area (Å²) in [5.74, 6) is -1.13. The van der Waals surface area contributed by atoms with Crippen LogP contribution in [0.1, 0.15) is 22.6 Å². The Kier molecular flexibility index (Phi) is 6.68. The molecule has 0 aliphatic heterocycles. The maximum Gasteiger partial charge on any atom is 0.259 e. The third kappa shape index (κ3) is 5.08. The molecule has 0 saturated heterocycles. The molecule has 0 unspecified atom stereocenters. The molecule has 0 aromatic heterocycles. The van der Waals surface area contributed by atoms with Crippen LogP contribution in [0.2, 0.25) is 0 Å². The van der Waals surface area contributed by atoms with Gasteiger partial charge in [-0.3, -0.25) is 9.59 Å². The molecule has 2 N–H and O–H groups in total. The third-order valence-corrected chi connectivity index (χ3v) is 5.17. The lowest BCUT2D eigenvalue weighted by Crippen LogP contribution is -2.37. The zero-order valence-corrected chi connectivity index (χ0v) is 17.4. The highest BCUT2D eigenvalue weighted by Crippen LogP contribution is 2.24. The van der Waals surface area contributed by atoms with Crippen molar-refractivity contribution in [2.45, 2.75) is 5.92 Å². The van der Waals surface area contributed by atoms with Crippen LogP contribution in [0.25, 0.3) is 10.8 Å². The Hall–Kier alpha value is -4.25. The van der Waals surface area contributed by atoms with Gasteiger partial charge in [-0.05, 0) is 21.9 Å². The average molecular weight is 422 g/mol. The van der Waals surface area contributed by atoms with Crippen LogP contribution >= 0.6 is 0 Å². The van der Waals surface area contributed by atoms with Crippen LogP contribution in [-0.2, 0) is 9.59 Å². The quantitative estimate of drug-likeness (QED) is 0.346. The Labute approximate surface area is 186 Å². The van der Waals surface area contributed by atoms with E-state index in [0.717, 1.165) is 27.5 Å². The van der Waals surface area contributed by atoms with E-state index in [0.29, 0.717) is 0 Å². The summed E-state index contributed by atoms with van der Waals surface area (Å²) in [6.07, 6.45) is 1.61. The Morgan fingerprint density at radius 1 is 0.750 bits per heavy atom. The van der Waals surface area contributed by atoms with Crippen molar-refractivity contribution in [3.05, 3.63) is 120 Å². The van der Waals surface area contributed by atoms with E-state index in [-0.39, 0.29) is 12.5 Å². The largest absolute Gasteiger partial charge is 0.346 e. The van der Waals surface area contributed by atoms with Gasteiger partial charge in [0.15, 0.2) is 0 Å². The van der Waals surface area contributed by atoms with Crippen LogP contribution in [0.3, 0.4) is 0 Å². The fourth-order valence-electron chi connectivity index (χ4n) is 3.63. The minimum Gasteiger partial charge on any atom is -0.346 e. The van der Waals surface area contributed by atoms with Gasteiger partial charge >= 0.3 is 0 Å². The normalized spacial score (nSPS) is 11.0. The van der Waals surface area contributed by atoms with Gasteiger partial charge in [-0.15, -0.1) is 0 Å². The van der Waals surface area contributed by atoms with Gasteiger partial charge in [-0.2, -0.15) is 5.10 Å². The maximum absolute atomic E-state index is 13.0. The second kappa shape index (κ2) is 10.2. The first-order valence-electron chi connectivity index (χ1n) is 10.4. The molecule has 0 bridgehead atoms. The Bertz CT molecular complexity index is 1190. The maximum atomic E-state index is 13.0. The van der Waals surface area contributed by atoms with Gasteiger partial charge in [-0.25, -0.2) is 5.43 Å². The van der Waals surface area contributed by atoms with Crippen molar-refractivity contribution in [3.8, 4) is 0 Å². The Morgan fingerprint density at radius 3 is 2.03 bits per heavy atom. The molecule has 0 heterocycles. The first-order chi connectivity index (χ1) is 15.7. The van der Waals surface area contributed by atoms with Crippen molar-refractivity contribution in [2.24, 2.45) is 5.10 Å². The van der Waals surface area contributed by atoms with Crippen LogP contribution in [0, 0.1) is 0 Å². The minimum absolute atomic E-state index is 0.165. The number of hydrogen-bond acceptors (Lipinski definition) is 3. The van der Waals surface area contributed by atoms with E-state index in [1.807, 2.05) is 103 Å². The minimum atomic E-state index is -0.496. The van der Waals surface area contributed by atoms with Crippen LogP contribution in [-0.4, -0.2) is 24.6 Å². The van der Waals surface area contributed by atoms with Gasteiger partial charge in [0, 0.05) is 5.56 Å². The highest BCUT2D eigenvalue weighted by molar-refractivity contribution is 6.00. The molecule has 4 aromatic rings. The van der Waals surface area contributed by atoms with Crippen molar-refractivity contribution in [1.29, 1.82) is 0 Å². The van der Waals surface area contributed by atoms with Crippen molar-refractivity contribution in [2.75, 3.05) is 6.54 Å². The second-order valence-electron chi connectivity index (χ2n) is 7.33. The van der Waals surface area contributed by atoms with E-state index in [9.17, 15) is 9.59 Å². The van der Waals surface area contributed by atoms with Crippen molar-refractivity contribution in [3.63, 3.8) is 0 Å². The Balaban J connectivity index is 1.39. The number of amides is 2. The first kappa shape index (κ1) is 21.0. The number of hydrazone groups is 1. The van der Waals surface area contributed by atoms with Crippen LogP contribution in [0.5, 0.6) is 0 Å². The molecule has 0 fully saturated rings. The summed E-state index contributed by atoms with van der Waals surface area (Å²) >= 11 is 0. The van der Waals surface area contributed by atoms with E-state index in [4.69, 9.17) is 0 Å². The molecule has 4 aromatic carbocycles. The fourth-order valence-corrected chi connectivity index (χ4v) is 3.63. The lowest BCUT2D eigenvalue weighted by molar-refractivity contribution is -0.126. The molecule has 0 radical (unpaired) electrons. The summed E-state index contributed by atoms with van der Waals surface area (Å²) in [6, 6.07) is 32.9. The number of fused-ring (bicyclic) bond motifs is 1. The van der Waals surface area contributed by atoms with Gasteiger partial charge in [0.2, 0.25) is 5.91 Å². The summed E-state index contributed by atoms with van der Waals surface area (Å²) in [4.78, 5) is 25.2. The van der Waals surface area contributed by atoms with Gasteiger partial charge < -0.3 is 5.32 Å². The summed E-state index contributed by atoms with van der Waals surface area (Å²) in [5.41, 5.74) is 5.12. The zero-order valence-electron chi connectivity index (χ0n) is 17.4. The topological polar surface area (TPSA) is 70.6 Å². The third-order valence-electron chi connectivity index (χ3n) is 5.17. The van der Waals surface area contributed by atoms with Crippen molar-refractivity contribution in [1.82, 2.24) is 10.7 Å². The average Bonchev–Trinajstić information content (AvgIpc) is 2.84. The van der Waals surface area contributed by atoms with Crippen molar-refractivity contribution >= 4 is 28.8 Å². The molecule has 0 spiro atoms. The molecular weight excluding hydrogens is 398 g/mol. The van der Waals surface area contributed by atoms with Crippen LogP contribution < -0.4 is 10.7 Å². The highest BCUT2D eigenvalue weighted by Gasteiger charge is 2.22. The van der Waals surface area contributed by atoms with E-state index >= 15 is 0 Å². The molecule has 0 aliphatic rings. The molecular formula is C27H23N3O2. The van der Waals surface area contributed by atoms with E-state index in [2.05, 4.69) is 15.8 Å². The lowest BCUT2D eigenvalue weighted by atomic mass is 9.90. The number of carbonyl (C=O) groups is 2. The van der Waals surface area contributed by atoms with Gasteiger partial charge in [0.1, 0.15) is 0 Å². The predicted molar refractivity (Wildman–Crippen MR) is 127 cm³/mol. The molecule has 32 heavy (non-hydrogen) atoms. The van der Waals surface area contributed by atoms with Crippen LogP contribution in [0.15, 0.2) is 108 Å². The summed E-state index contributed by atoms with van der Waals surface area (Å²) in [7, 11) is 0. The molecule has 0 aliphatic carbocycles. The molecule has 158 valence electrons. The summed E-state index contributed by atoms with van der Waals surface area (Å²) < 4.78 is 0. The standard InChI is InChI=1S/C27H23N3O2/c31-25(30-29-18-23-16-9-15-20-10-7-8-17-24(20)23)19-28-27(32)26(21-11-3-1-4-12-21)22-13-5-2-6-14-22/h1-18,26H,19H2,(H,28,32)(H,30,31)/b29-18+. The molecule has 0 atom stereocenters. The van der Waals surface area contributed by atoms with E-state index in [1.165, 1.54) is 0 Å². The van der Waals surface area contributed by atoms with Gasteiger partial charge in [0.25, 0.3) is 5.91 Å². The van der Waals surface area contributed by atoms with Crippen molar-refractivity contribution < 1.29 is 9.59 Å². The van der Waals surface area contributed by atoms with Crippen LogP contribution in [0.4, 0.5) is 0 Å². The van der Waals surface area contributed by atoms with Gasteiger partial charge in [0.05, 0.1) is 18.7 Å². The van der Waals surface area contributed by atoms with E-state index in [1.54, 1.807) is 6.21 Å². The number of hydrogen-bond donors (Lipinski definition) is 2. The predicted octanol–water partition coefficient (Wildman–Crippen LogP) is 4.24. The molecule has 2 amide bonds. The smallest absolute Gasteiger partial charge is 0.259 e. The molecule has 5 heteroatoms. The Morgan fingerprint density at radius 2 is 1.34 bits per heavy atom. The summed E-state index contributed by atoms with van der Waals surface area (Å²) in [5, 5.41) is 8.94. The molecule has 5 nitrogen and oxygen atoms in total. The molecule has 4 rings (SSSR count). The highest BCUT2D eigenvalue weighted by atomic mass is 16.2. The number of carbonyl (C=O) groups excluding carboxylic acids is 2. The lowest BCUT2D eigenvalue weighted by Gasteiger charge is -2.17. The SMILES string of the molecule is O=C(CNC(=O)C(c1ccccc1)c1ccccc1)N/N=C/c1cccc2ccccc12. The molecule has 0 saturated carbocycles. The second-order valence-corrected chi connectivity index (χ2v) is 7.33. The van der Waals surface area contributed by atoms with E-state index < -0.39 is 11.8 Å². The number of rotatable bonds is 7. The number of nitrogens with one attached hydrogen (secondary N) is 2. The number of benzene rings is 4. The number of nitrogens with zero attached hydrogens (tertiary/aromatic N) is 1.